The molecule has 0 spiro atoms. The molecular weight excluding hydrogens is 202 g/mol. The molecule has 0 aliphatic rings. The van der Waals surface area contributed by atoms with Crippen LogP contribution >= 0.6 is 0 Å². The van der Waals surface area contributed by atoms with E-state index in [1.807, 2.05) is 30.6 Å². The van der Waals surface area contributed by atoms with E-state index in [4.69, 9.17) is 4.74 Å². The number of nitrogens with zero attached hydrogens (tertiary/aromatic N) is 1. The lowest BCUT2D eigenvalue weighted by Crippen LogP contribution is -2.12. The summed E-state index contributed by atoms with van der Waals surface area (Å²) >= 11 is 0. The van der Waals surface area contributed by atoms with Crippen molar-refractivity contribution in [2.45, 2.75) is 13.1 Å². The maximum absolute atomic E-state index is 5.00. The third-order valence-corrected chi connectivity index (χ3v) is 2.31. The van der Waals surface area contributed by atoms with E-state index in [0.29, 0.717) is 5.88 Å². The number of H-pyrrole nitrogens is 1. The predicted octanol–water partition coefficient (Wildman–Crippen LogP) is 1.71. The Bertz CT molecular complexity index is 408. The Labute approximate surface area is 94.7 Å². The second-order valence-electron chi connectivity index (χ2n) is 3.51. The fraction of sp³-hybridized carbons (Fsp3) is 0.250. The van der Waals surface area contributed by atoms with Crippen LogP contribution in [0, 0.1) is 0 Å². The van der Waals surface area contributed by atoms with E-state index < -0.39 is 0 Å². The van der Waals surface area contributed by atoms with Crippen LogP contribution in [0.3, 0.4) is 0 Å². The SMILES string of the molecule is COc1ccc(CNCc2ccc[nH]2)cn1. The first kappa shape index (κ1) is 10.7. The Balaban J connectivity index is 1.81. The second-order valence-corrected chi connectivity index (χ2v) is 3.51. The molecule has 0 fully saturated rings. The molecule has 4 nitrogen and oxygen atoms in total. The van der Waals surface area contributed by atoms with Crippen molar-refractivity contribution in [3.8, 4) is 5.88 Å². The third kappa shape index (κ3) is 2.84. The van der Waals surface area contributed by atoms with Gasteiger partial charge in [0.25, 0.3) is 0 Å². The van der Waals surface area contributed by atoms with Crippen LogP contribution in [0.15, 0.2) is 36.7 Å². The molecule has 0 aliphatic carbocycles. The third-order valence-electron chi connectivity index (χ3n) is 2.31. The molecule has 0 amide bonds. The highest BCUT2D eigenvalue weighted by Gasteiger charge is 1.96. The molecule has 0 saturated heterocycles. The van der Waals surface area contributed by atoms with Crippen molar-refractivity contribution in [1.82, 2.24) is 15.3 Å². The van der Waals surface area contributed by atoms with Crippen LogP contribution in [-0.2, 0) is 13.1 Å². The molecule has 4 heteroatoms. The van der Waals surface area contributed by atoms with Crippen molar-refractivity contribution in [3.63, 3.8) is 0 Å². The van der Waals surface area contributed by atoms with Crippen molar-refractivity contribution in [3.05, 3.63) is 47.9 Å². The fourth-order valence-corrected chi connectivity index (χ4v) is 1.46. The van der Waals surface area contributed by atoms with Crippen molar-refractivity contribution in [2.75, 3.05) is 7.11 Å². The molecule has 2 aromatic heterocycles. The van der Waals surface area contributed by atoms with Crippen LogP contribution < -0.4 is 10.1 Å². The number of aromatic amines is 1. The summed E-state index contributed by atoms with van der Waals surface area (Å²) in [5.74, 6) is 0.646. The molecule has 2 aromatic rings. The van der Waals surface area contributed by atoms with Gasteiger partial charge in [0.2, 0.25) is 5.88 Å². The van der Waals surface area contributed by atoms with E-state index >= 15 is 0 Å². The number of hydrogen-bond acceptors (Lipinski definition) is 3. The Hall–Kier alpha value is -1.81. The lowest BCUT2D eigenvalue weighted by Gasteiger charge is -2.04. The zero-order valence-corrected chi connectivity index (χ0v) is 9.23. The highest BCUT2D eigenvalue weighted by molar-refractivity contribution is 5.17. The van der Waals surface area contributed by atoms with Gasteiger partial charge in [-0.3, -0.25) is 0 Å². The quantitative estimate of drug-likeness (QED) is 0.801. The van der Waals surface area contributed by atoms with Gasteiger partial charge in [-0.05, 0) is 17.7 Å². The van der Waals surface area contributed by atoms with Crippen LogP contribution in [0.5, 0.6) is 5.88 Å². The molecule has 0 atom stereocenters. The van der Waals surface area contributed by atoms with E-state index in [9.17, 15) is 0 Å². The van der Waals surface area contributed by atoms with Crippen LogP contribution in [0.2, 0.25) is 0 Å². The zero-order valence-electron chi connectivity index (χ0n) is 9.23. The summed E-state index contributed by atoms with van der Waals surface area (Å²) in [6, 6.07) is 7.92. The summed E-state index contributed by atoms with van der Waals surface area (Å²) in [6.45, 7) is 1.63. The average molecular weight is 217 g/mol. The molecule has 0 radical (unpaired) electrons. The Kier molecular flexibility index (Phi) is 3.56. The highest BCUT2D eigenvalue weighted by atomic mass is 16.5. The molecule has 0 aromatic carbocycles. The van der Waals surface area contributed by atoms with Gasteiger partial charge in [0.15, 0.2) is 0 Å². The van der Waals surface area contributed by atoms with Gasteiger partial charge in [0.1, 0.15) is 0 Å². The van der Waals surface area contributed by atoms with Gasteiger partial charge in [-0.25, -0.2) is 4.98 Å². The predicted molar refractivity (Wildman–Crippen MR) is 62.1 cm³/mol. The summed E-state index contributed by atoms with van der Waals surface area (Å²) < 4.78 is 5.00. The number of rotatable bonds is 5. The minimum atomic E-state index is 0.646. The van der Waals surface area contributed by atoms with E-state index in [1.165, 1.54) is 5.69 Å². The standard InChI is InChI=1S/C12H15N3O/c1-16-12-5-4-10(8-15-12)7-13-9-11-3-2-6-14-11/h2-6,8,13-14H,7,9H2,1H3. The van der Waals surface area contributed by atoms with Crippen molar-refractivity contribution in [2.24, 2.45) is 0 Å². The van der Waals surface area contributed by atoms with E-state index in [2.05, 4.69) is 21.4 Å². The van der Waals surface area contributed by atoms with Gasteiger partial charge in [-0.1, -0.05) is 6.07 Å². The summed E-state index contributed by atoms with van der Waals surface area (Å²) in [5, 5.41) is 3.33. The zero-order chi connectivity index (χ0) is 11.2. The average Bonchev–Trinajstić information content (AvgIpc) is 2.83. The molecule has 0 unspecified atom stereocenters. The largest absolute Gasteiger partial charge is 0.481 e. The molecule has 2 rings (SSSR count). The van der Waals surface area contributed by atoms with Crippen LogP contribution in [0.1, 0.15) is 11.3 Å². The van der Waals surface area contributed by atoms with Crippen molar-refractivity contribution in [1.29, 1.82) is 0 Å². The maximum Gasteiger partial charge on any atom is 0.212 e. The lowest BCUT2D eigenvalue weighted by molar-refractivity contribution is 0.397. The van der Waals surface area contributed by atoms with Gasteiger partial charge >= 0.3 is 0 Å². The summed E-state index contributed by atoms with van der Waals surface area (Å²) in [5.41, 5.74) is 2.33. The van der Waals surface area contributed by atoms with Gasteiger partial charge < -0.3 is 15.0 Å². The summed E-state index contributed by atoms with van der Waals surface area (Å²) in [4.78, 5) is 7.29. The number of aromatic nitrogens is 2. The topological polar surface area (TPSA) is 49.9 Å². The summed E-state index contributed by atoms with van der Waals surface area (Å²) in [6.07, 6.45) is 3.74. The second kappa shape index (κ2) is 5.32. The van der Waals surface area contributed by atoms with Crippen LogP contribution in [0.25, 0.3) is 0 Å². The monoisotopic (exact) mass is 217 g/mol. The number of hydrogen-bond donors (Lipinski definition) is 2. The number of pyridine rings is 1. The van der Waals surface area contributed by atoms with E-state index in [-0.39, 0.29) is 0 Å². The minimum Gasteiger partial charge on any atom is -0.481 e. The summed E-state index contributed by atoms with van der Waals surface area (Å²) in [7, 11) is 1.62. The Morgan fingerprint density at radius 1 is 1.31 bits per heavy atom. The molecule has 2 N–H and O–H groups in total. The van der Waals surface area contributed by atoms with E-state index in [1.54, 1.807) is 7.11 Å². The maximum atomic E-state index is 5.00. The van der Waals surface area contributed by atoms with Gasteiger partial charge in [0, 0.05) is 37.2 Å². The fourth-order valence-electron chi connectivity index (χ4n) is 1.46. The van der Waals surface area contributed by atoms with Crippen LogP contribution in [0.4, 0.5) is 0 Å². The van der Waals surface area contributed by atoms with Gasteiger partial charge in [-0.15, -0.1) is 0 Å². The van der Waals surface area contributed by atoms with Gasteiger partial charge in [0.05, 0.1) is 7.11 Å². The molecule has 16 heavy (non-hydrogen) atoms. The normalized spacial score (nSPS) is 10.3. The van der Waals surface area contributed by atoms with Crippen molar-refractivity contribution < 1.29 is 4.74 Å². The smallest absolute Gasteiger partial charge is 0.212 e. The molecule has 84 valence electrons. The molecule has 0 aliphatic heterocycles. The lowest BCUT2D eigenvalue weighted by atomic mass is 10.3. The number of methoxy groups -OCH3 is 1. The van der Waals surface area contributed by atoms with Crippen molar-refractivity contribution >= 4 is 0 Å². The van der Waals surface area contributed by atoms with Crippen LogP contribution in [-0.4, -0.2) is 17.1 Å². The first-order valence-corrected chi connectivity index (χ1v) is 5.20. The van der Waals surface area contributed by atoms with Gasteiger partial charge in [-0.2, -0.15) is 0 Å². The molecule has 0 bridgehead atoms. The first-order chi connectivity index (χ1) is 7.88. The molecule has 2 heterocycles. The van der Waals surface area contributed by atoms with E-state index in [0.717, 1.165) is 18.7 Å². The Morgan fingerprint density at radius 2 is 2.25 bits per heavy atom. The number of nitrogens with one attached hydrogen (secondary N) is 2. The molecular formula is C12H15N3O. The molecule has 0 saturated carbocycles. The first-order valence-electron chi connectivity index (χ1n) is 5.20. The Morgan fingerprint density at radius 3 is 2.88 bits per heavy atom. The minimum absolute atomic E-state index is 0.646. The number of ether oxygens (including phenoxy) is 1. The highest BCUT2D eigenvalue weighted by Crippen LogP contribution is 2.06.